The Morgan fingerprint density at radius 2 is 1.19 bits per heavy atom. The SMILES string of the molecule is CC1(C)c2ccccc2-c2ccc(-c3ccc4c(c3)c3ccc(B5OC(C)(C)C(C)(C)O5)cc3n4-c3ccccc3)cc21. The fraction of sp³-hybridized carbons (Fsp3) is 0.231. The zero-order chi connectivity index (χ0) is 29.7. The summed E-state index contributed by atoms with van der Waals surface area (Å²) in [6.45, 7) is 13.1. The number of rotatable bonds is 3. The molecule has 0 atom stereocenters. The molecule has 0 spiro atoms. The second kappa shape index (κ2) is 8.95. The van der Waals surface area contributed by atoms with Crippen LogP contribution >= 0.6 is 0 Å². The van der Waals surface area contributed by atoms with Gasteiger partial charge in [0.2, 0.25) is 0 Å². The van der Waals surface area contributed by atoms with Gasteiger partial charge >= 0.3 is 7.12 Å². The molecule has 43 heavy (non-hydrogen) atoms. The first kappa shape index (κ1) is 26.5. The third-order valence-electron chi connectivity index (χ3n) is 10.2. The van der Waals surface area contributed by atoms with Gasteiger partial charge in [-0.3, -0.25) is 0 Å². The minimum atomic E-state index is -0.411. The third-order valence-corrected chi connectivity index (χ3v) is 10.2. The molecule has 0 saturated carbocycles. The summed E-state index contributed by atoms with van der Waals surface area (Å²) in [5.41, 5.74) is 11.7. The second-order valence-corrected chi connectivity index (χ2v) is 13.7. The third kappa shape index (κ3) is 3.83. The highest BCUT2D eigenvalue weighted by Crippen LogP contribution is 2.49. The first-order chi connectivity index (χ1) is 20.5. The molecule has 0 N–H and O–H groups in total. The molecule has 8 rings (SSSR count). The lowest BCUT2D eigenvalue weighted by Gasteiger charge is -2.32. The van der Waals surface area contributed by atoms with E-state index < -0.39 is 7.12 Å². The van der Waals surface area contributed by atoms with Gasteiger partial charge in [0.15, 0.2) is 0 Å². The van der Waals surface area contributed by atoms with Crippen molar-refractivity contribution in [3.63, 3.8) is 0 Å². The van der Waals surface area contributed by atoms with Gasteiger partial charge in [0.1, 0.15) is 0 Å². The quantitative estimate of drug-likeness (QED) is 0.201. The molecule has 1 aromatic heterocycles. The van der Waals surface area contributed by atoms with Gasteiger partial charge < -0.3 is 13.9 Å². The molecule has 0 unspecified atom stereocenters. The van der Waals surface area contributed by atoms with E-state index in [9.17, 15) is 0 Å². The van der Waals surface area contributed by atoms with E-state index in [1.54, 1.807) is 0 Å². The number of fused-ring (bicyclic) bond motifs is 6. The van der Waals surface area contributed by atoms with E-state index in [1.807, 2.05) is 0 Å². The highest BCUT2D eigenvalue weighted by molar-refractivity contribution is 6.62. The van der Waals surface area contributed by atoms with Crippen LogP contribution in [0.3, 0.4) is 0 Å². The molecule has 0 bridgehead atoms. The van der Waals surface area contributed by atoms with E-state index in [0.29, 0.717) is 0 Å². The largest absolute Gasteiger partial charge is 0.494 e. The molecule has 0 amide bonds. The lowest BCUT2D eigenvalue weighted by atomic mass is 9.78. The van der Waals surface area contributed by atoms with Crippen molar-refractivity contribution in [3.05, 3.63) is 120 Å². The molecule has 1 saturated heterocycles. The van der Waals surface area contributed by atoms with Gasteiger partial charge in [0.05, 0.1) is 22.2 Å². The van der Waals surface area contributed by atoms with E-state index in [2.05, 4.69) is 155 Å². The molecule has 3 nitrogen and oxygen atoms in total. The van der Waals surface area contributed by atoms with Crippen molar-refractivity contribution in [2.45, 2.75) is 58.2 Å². The molecule has 1 fully saturated rings. The number of hydrogen-bond donors (Lipinski definition) is 0. The van der Waals surface area contributed by atoms with Crippen LogP contribution in [0.15, 0.2) is 109 Å². The molecule has 1 aliphatic carbocycles. The summed E-state index contributed by atoms with van der Waals surface area (Å²) in [6, 6.07) is 40.0. The Labute approximate surface area is 254 Å². The van der Waals surface area contributed by atoms with Crippen molar-refractivity contribution < 1.29 is 9.31 Å². The van der Waals surface area contributed by atoms with Gasteiger partial charge in [0.25, 0.3) is 0 Å². The van der Waals surface area contributed by atoms with Crippen LogP contribution in [0.5, 0.6) is 0 Å². The predicted octanol–water partition coefficient (Wildman–Crippen LogP) is 9.06. The molecule has 2 aliphatic rings. The Hall–Kier alpha value is -4.12. The first-order valence-corrected chi connectivity index (χ1v) is 15.3. The molecule has 212 valence electrons. The van der Waals surface area contributed by atoms with Gasteiger partial charge in [-0.05, 0) is 103 Å². The van der Waals surface area contributed by atoms with E-state index in [1.165, 1.54) is 49.7 Å². The summed E-state index contributed by atoms with van der Waals surface area (Å²) in [4.78, 5) is 0. The number of benzene rings is 5. The normalized spacial score (nSPS) is 17.9. The van der Waals surface area contributed by atoms with E-state index in [4.69, 9.17) is 9.31 Å². The van der Waals surface area contributed by atoms with Gasteiger partial charge in [-0.25, -0.2) is 0 Å². The van der Waals surface area contributed by atoms with E-state index in [-0.39, 0.29) is 16.6 Å². The molecule has 5 aromatic carbocycles. The number of nitrogens with zero attached hydrogens (tertiary/aromatic N) is 1. The Kier molecular flexibility index (Phi) is 5.52. The van der Waals surface area contributed by atoms with Gasteiger partial charge in [-0.15, -0.1) is 0 Å². The summed E-state index contributed by atoms with van der Waals surface area (Å²) in [6.07, 6.45) is 0. The molecule has 6 aromatic rings. The molecule has 0 radical (unpaired) electrons. The van der Waals surface area contributed by atoms with Crippen LogP contribution in [0.4, 0.5) is 0 Å². The molecule has 1 aliphatic heterocycles. The van der Waals surface area contributed by atoms with Crippen molar-refractivity contribution in [2.75, 3.05) is 0 Å². The topological polar surface area (TPSA) is 23.4 Å². The Morgan fingerprint density at radius 1 is 0.535 bits per heavy atom. The average Bonchev–Trinajstić information content (AvgIpc) is 3.53. The van der Waals surface area contributed by atoms with E-state index in [0.717, 1.165) is 16.7 Å². The predicted molar refractivity (Wildman–Crippen MR) is 179 cm³/mol. The minimum Gasteiger partial charge on any atom is -0.399 e. The summed E-state index contributed by atoms with van der Waals surface area (Å²) in [5.74, 6) is 0. The average molecular weight is 562 g/mol. The minimum absolute atomic E-state index is 0.0285. The summed E-state index contributed by atoms with van der Waals surface area (Å²) in [5, 5.41) is 2.45. The highest BCUT2D eigenvalue weighted by atomic mass is 16.7. The maximum atomic E-state index is 6.44. The van der Waals surface area contributed by atoms with E-state index >= 15 is 0 Å². The van der Waals surface area contributed by atoms with Crippen molar-refractivity contribution in [3.8, 4) is 27.9 Å². The fourth-order valence-corrected chi connectivity index (χ4v) is 7.08. The van der Waals surface area contributed by atoms with Gasteiger partial charge in [-0.2, -0.15) is 0 Å². The number of hydrogen-bond acceptors (Lipinski definition) is 2. The monoisotopic (exact) mass is 561 g/mol. The summed E-state index contributed by atoms with van der Waals surface area (Å²) in [7, 11) is -0.411. The Balaban J connectivity index is 1.29. The van der Waals surface area contributed by atoms with Crippen molar-refractivity contribution >= 4 is 34.4 Å². The number of para-hydroxylation sites is 1. The van der Waals surface area contributed by atoms with Crippen LogP contribution in [-0.2, 0) is 14.7 Å². The molecule has 4 heteroatoms. The first-order valence-electron chi connectivity index (χ1n) is 15.3. The molecular weight excluding hydrogens is 525 g/mol. The smallest absolute Gasteiger partial charge is 0.399 e. The Bertz CT molecular complexity index is 2050. The van der Waals surface area contributed by atoms with Crippen LogP contribution in [0, 0.1) is 0 Å². The molecular formula is C39H36BNO2. The van der Waals surface area contributed by atoms with Crippen LogP contribution in [-0.4, -0.2) is 22.9 Å². The van der Waals surface area contributed by atoms with Crippen LogP contribution in [0.2, 0.25) is 0 Å². The lowest BCUT2D eigenvalue weighted by Crippen LogP contribution is -2.41. The fourth-order valence-electron chi connectivity index (χ4n) is 7.08. The maximum Gasteiger partial charge on any atom is 0.494 e. The summed E-state index contributed by atoms with van der Waals surface area (Å²) < 4.78 is 15.2. The standard InChI is InChI=1S/C39H36BNO2/c1-37(2)33-15-11-10-14-29(33)30-19-16-26(23-34(30)37)25-17-21-35-32(22-25)31-20-18-27(40-42-38(3,4)39(5,6)43-40)24-36(31)41(35)28-12-8-7-9-13-28/h7-24H,1-6H3. The van der Waals surface area contributed by atoms with Crippen molar-refractivity contribution in [1.29, 1.82) is 0 Å². The van der Waals surface area contributed by atoms with Crippen molar-refractivity contribution in [2.24, 2.45) is 0 Å². The van der Waals surface area contributed by atoms with Crippen LogP contribution < -0.4 is 5.46 Å². The lowest BCUT2D eigenvalue weighted by molar-refractivity contribution is 0.00578. The van der Waals surface area contributed by atoms with Gasteiger partial charge in [-0.1, -0.05) is 86.6 Å². The number of aromatic nitrogens is 1. The Morgan fingerprint density at radius 3 is 1.95 bits per heavy atom. The summed E-state index contributed by atoms with van der Waals surface area (Å²) >= 11 is 0. The highest BCUT2D eigenvalue weighted by Gasteiger charge is 2.51. The second-order valence-electron chi connectivity index (χ2n) is 13.7. The zero-order valence-corrected chi connectivity index (χ0v) is 25.7. The molecule has 2 heterocycles. The maximum absolute atomic E-state index is 6.44. The van der Waals surface area contributed by atoms with Crippen molar-refractivity contribution in [1.82, 2.24) is 4.57 Å². The van der Waals surface area contributed by atoms with Crippen LogP contribution in [0.1, 0.15) is 52.7 Å². The zero-order valence-electron chi connectivity index (χ0n) is 25.7. The van der Waals surface area contributed by atoms with Gasteiger partial charge in [0, 0.05) is 21.9 Å². The van der Waals surface area contributed by atoms with Crippen LogP contribution in [0.25, 0.3) is 49.7 Å².